The number of rotatable bonds is 0. The topological polar surface area (TPSA) is 0 Å². The van der Waals surface area contributed by atoms with Gasteiger partial charge in [0.2, 0.25) is 0 Å². The molecule has 0 amide bonds. The second-order valence-corrected chi connectivity index (χ2v) is 0.218. The van der Waals surface area contributed by atoms with Gasteiger partial charge in [0.1, 0.15) is 0 Å². The molecule has 0 atom stereocenters. The van der Waals surface area contributed by atoms with Crippen molar-refractivity contribution >= 4 is 0 Å². The molecule has 0 bridgehead atoms. The summed E-state index contributed by atoms with van der Waals surface area (Å²) in [6.07, 6.45) is 0. The minimum atomic E-state index is 0. The average Bonchev–Trinajstić information content (AvgIpc) is 1.78. The minimum absolute atomic E-state index is 0. The maximum atomic E-state index is 10.2. The van der Waals surface area contributed by atoms with E-state index in [0.717, 1.165) is 0 Å². The summed E-state index contributed by atoms with van der Waals surface area (Å²) >= 11 is 0. The van der Waals surface area contributed by atoms with Gasteiger partial charge in [0.05, 0.1) is 7.18 Å². The van der Waals surface area contributed by atoms with Crippen LogP contribution in [0.3, 0.4) is 0 Å². The number of hydrogen-bond donors (Lipinski definition) is 0. The fraction of sp³-hybridized carbons (Fsp3) is 0.400. The summed E-state index contributed by atoms with van der Waals surface area (Å²) < 4.78 is 19.7. The van der Waals surface area contributed by atoms with E-state index in [0.29, 0.717) is 13.9 Å². The summed E-state index contributed by atoms with van der Waals surface area (Å²) in [5.74, 6) is 0. The van der Waals surface area contributed by atoms with Gasteiger partial charge >= 0.3 is 0 Å². The van der Waals surface area contributed by atoms with E-state index in [1.54, 1.807) is 0 Å². The molecule has 0 aromatic carbocycles. The maximum Gasteiger partial charge on any atom is 0.0785 e. The summed E-state index contributed by atoms with van der Waals surface area (Å²) in [6, 6.07) is 0. The zero-order valence-corrected chi connectivity index (χ0v) is 18.8. The van der Waals surface area contributed by atoms with Gasteiger partial charge in [0.25, 0.3) is 0 Å². The van der Waals surface area contributed by atoms with Crippen LogP contribution < -0.4 is 0 Å². The van der Waals surface area contributed by atoms with Crippen molar-refractivity contribution in [1.82, 2.24) is 0 Å². The van der Waals surface area contributed by atoms with Gasteiger partial charge in [0.15, 0.2) is 0 Å². The van der Waals surface area contributed by atoms with Crippen LogP contribution in [-0.2, 0) is 0 Å². The Labute approximate surface area is 43.9 Å². The van der Waals surface area contributed by atoms with E-state index in [1.165, 1.54) is 6.92 Å². The second-order valence-electron chi connectivity index (χ2n) is 0.218. The largest absolute Gasteiger partial charge is 0.521 e. The molecular formula is C5H10F2Rf2-2. The molecule has 0 aromatic rings. The molecule has 0 aliphatic heterocycles. The van der Waals surface area contributed by atoms with Gasteiger partial charge in [-0.15, -0.1) is 0 Å². The van der Waals surface area contributed by atoms with Crippen molar-refractivity contribution in [3.63, 3.8) is 0 Å². The van der Waals surface area contributed by atoms with E-state index in [-0.39, 0.29) is 0 Å². The summed E-state index contributed by atoms with van der Waals surface area (Å²) in [4.78, 5) is 0. The molecule has 50 valence electrons. The fourth-order valence-electron chi connectivity index (χ4n) is 0. The first kappa shape index (κ1) is 80.8. The van der Waals surface area contributed by atoms with Gasteiger partial charge in [-0.05, 0) is 0 Å². The molecule has 0 aliphatic carbocycles. The SMILES string of the molecule is CF.C[CH-]F.[CH-]=C.[Rf].[Rf]. The second kappa shape index (κ2) is 60.5. The third-order valence-electron chi connectivity index (χ3n) is 0. The molecule has 0 nitrogen and oxygen atoms in total. The molecule has 0 aliphatic rings. The Kier molecular flexibility index (Phi) is 543. The van der Waals surface area contributed by atoms with Gasteiger partial charge in [0, 0.05) is 0 Å². The molecule has 0 radical (unpaired) electrons. The van der Waals surface area contributed by atoms with E-state index >= 15 is 0 Å². The Bertz CT molecular complexity index is 16.9. The third kappa shape index (κ3) is 12.6. The third-order valence-corrected chi connectivity index (χ3v) is 0. The Morgan fingerprint density at radius 2 is 1.22 bits per heavy atom. The fourth-order valence-corrected chi connectivity index (χ4v) is 0. The zero-order valence-electron chi connectivity index (χ0n) is 6.03. The molecule has 0 rings (SSSR count). The Hall–Kier alpha value is -2.40. The number of halogens is 2. The predicted octanol–water partition coefficient (Wildman–Crippen LogP) is 2.33. The van der Waals surface area contributed by atoms with Crippen molar-refractivity contribution in [3.8, 4) is 0 Å². The predicted molar refractivity (Wildman–Crippen MR) is 28.0 cm³/mol. The van der Waals surface area contributed by atoms with Gasteiger partial charge in [-0.25, -0.2) is 0 Å². The molecule has 0 saturated heterocycles. The minimum Gasteiger partial charge on any atom is -0.521 e. The molecular weight excluding hydrogens is 632 g/mol. The molecule has 9 heavy (non-hydrogen) atoms. The van der Waals surface area contributed by atoms with Crippen LogP contribution in [0, 0.1) is 13.3 Å². The Morgan fingerprint density at radius 3 is 1.22 bits per heavy atom. The molecule has 0 N–H and O–H groups in total. The van der Waals surface area contributed by atoms with Crippen molar-refractivity contribution in [3.05, 3.63) is 19.8 Å². The molecule has 0 fully saturated rings. The number of alkyl halides is 1. The summed E-state index contributed by atoms with van der Waals surface area (Å²) in [5.41, 5.74) is 0. The first-order chi connectivity index (χ1) is 3.41. The van der Waals surface area contributed by atoms with Crippen LogP contribution in [0.5, 0.6) is 0 Å². The van der Waals surface area contributed by atoms with Crippen LogP contribution in [0.15, 0.2) is 6.58 Å². The summed E-state index contributed by atoms with van der Waals surface area (Å²) in [5, 5.41) is 0. The smallest absolute Gasteiger partial charge is 0.0785 e. The van der Waals surface area contributed by atoms with Crippen LogP contribution in [0.4, 0.5) is 8.78 Å². The van der Waals surface area contributed by atoms with E-state index in [9.17, 15) is 8.78 Å². The van der Waals surface area contributed by atoms with Gasteiger partial charge in [-0.2, -0.15) is 13.6 Å². The Morgan fingerprint density at radius 1 is 1.22 bits per heavy atom. The molecule has 4 heteroatoms. The molecule has 0 spiro atoms. The molecule has 0 heterocycles. The van der Waals surface area contributed by atoms with E-state index in [2.05, 4.69) is 13.2 Å². The van der Waals surface area contributed by atoms with Gasteiger partial charge in [-0.3, -0.25) is 11.0 Å². The first-order valence-corrected chi connectivity index (χ1v) is 1.58. The summed E-state index contributed by atoms with van der Waals surface area (Å²) in [7, 11) is 0.500. The standard InChI is InChI=1S/C2H4F.C2H3.CH3F.2Rf/c1-2-3;2*1-2;;/h2H,1H3;1H,2H2;1H3;;/q2*-1;;;. The van der Waals surface area contributed by atoms with E-state index < -0.39 is 0 Å². The van der Waals surface area contributed by atoms with Crippen LogP contribution in [0.1, 0.15) is 6.92 Å². The quantitative estimate of drug-likeness (QED) is 0.357. The molecule has 0 unspecified atom stereocenters. The normalized spacial score (nSPS) is 3.11. The monoisotopic (exact) mass is 642 g/mol. The molecule has 0 aromatic heterocycles. The van der Waals surface area contributed by atoms with Crippen molar-refractivity contribution in [2.45, 2.75) is 6.92 Å². The van der Waals surface area contributed by atoms with Gasteiger partial charge < -0.3 is 11.0 Å². The molecule has 0 saturated carbocycles. The van der Waals surface area contributed by atoms with Crippen LogP contribution in [0.2, 0.25) is 0 Å². The average molecular weight is 642 g/mol. The zero-order chi connectivity index (χ0) is 6.71. The number of hydrogen-bond acceptors (Lipinski definition) is 0. The van der Waals surface area contributed by atoms with E-state index in [4.69, 9.17) is 0 Å². The van der Waals surface area contributed by atoms with Crippen LogP contribution in [-0.4, -0.2) is 7.18 Å². The van der Waals surface area contributed by atoms with Crippen molar-refractivity contribution in [2.75, 3.05) is 7.18 Å². The van der Waals surface area contributed by atoms with Gasteiger partial charge in [-0.1, -0.05) is 0 Å². The van der Waals surface area contributed by atoms with Crippen molar-refractivity contribution in [1.29, 1.82) is 0 Å². The van der Waals surface area contributed by atoms with Crippen molar-refractivity contribution in [2.24, 2.45) is 0 Å². The maximum absolute atomic E-state index is 10.2. The first-order valence-electron chi connectivity index (χ1n) is 1.58. The van der Waals surface area contributed by atoms with E-state index in [1.807, 2.05) is 0 Å². The summed E-state index contributed by atoms with van der Waals surface area (Å²) in [6.45, 7) is 8.83. The van der Waals surface area contributed by atoms with Crippen LogP contribution in [0.25, 0.3) is 0 Å². The Balaban J connectivity index is -0.00000000825. The van der Waals surface area contributed by atoms with Crippen molar-refractivity contribution < 1.29 is 8.78 Å². The van der Waals surface area contributed by atoms with Crippen LogP contribution >= 0.6 is 0 Å².